The summed E-state index contributed by atoms with van der Waals surface area (Å²) in [6.07, 6.45) is 0. The van der Waals surface area contributed by atoms with Gasteiger partial charge in [0.1, 0.15) is 10.8 Å². The zero-order valence-electron chi connectivity index (χ0n) is 12.7. The second-order valence-electron chi connectivity index (χ2n) is 4.93. The Morgan fingerprint density at radius 2 is 1.83 bits per heavy atom. The van der Waals surface area contributed by atoms with E-state index in [1.54, 1.807) is 18.2 Å². The minimum atomic E-state index is -0.269. The molecule has 116 valence electrons. The zero-order valence-corrected chi connectivity index (χ0v) is 13.6. The Morgan fingerprint density at radius 1 is 1.09 bits per heavy atom. The van der Waals surface area contributed by atoms with Crippen LogP contribution >= 0.6 is 11.3 Å². The molecule has 0 radical (unpaired) electrons. The Bertz CT molecular complexity index is 828. The molecular formula is C17H15N3O2S. The minimum Gasteiger partial charge on any atom is -0.496 e. The van der Waals surface area contributed by atoms with Gasteiger partial charge in [-0.3, -0.25) is 10.1 Å². The third kappa shape index (κ3) is 3.37. The first-order valence-corrected chi connectivity index (χ1v) is 7.84. The average molecular weight is 325 g/mol. The van der Waals surface area contributed by atoms with Crippen molar-refractivity contribution in [1.29, 1.82) is 0 Å². The summed E-state index contributed by atoms with van der Waals surface area (Å²) in [5, 5.41) is 12.1. The summed E-state index contributed by atoms with van der Waals surface area (Å²) in [6, 6.07) is 15.1. The zero-order chi connectivity index (χ0) is 16.2. The van der Waals surface area contributed by atoms with E-state index in [4.69, 9.17) is 4.74 Å². The number of aromatic nitrogens is 2. The first kappa shape index (κ1) is 15.2. The Labute approximate surface area is 138 Å². The van der Waals surface area contributed by atoms with Gasteiger partial charge in [-0.2, -0.15) is 0 Å². The number of carbonyl (C=O) groups excluding carboxylic acids is 1. The third-order valence-corrected chi connectivity index (χ3v) is 4.18. The molecule has 0 unspecified atom stereocenters. The summed E-state index contributed by atoms with van der Waals surface area (Å²) in [6.45, 7) is 2.03. The monoisotopic (exact) mass is 325 g/mol. The number of nitrogens with zero attached hydrogens (tertiary/aromatic N) is 2. The minimum absolute atomic E-state index is 0.269. The highest BCUT2D eigenvalue weighted by molar-refractivity contribution is 7.18. The summed E-state index contributed by atoms with van der Waals surface area (Å²) in [4.78, 5) is 12.3. The fraction of sp³-hybridized carbons (Fsp3) is 0.118. The molecule has 0 bridgehead atoms. The lowest BCUT2D eigenvalue weighted by Crippen LogP contribution is -2.12. The second-order valence-corrected chi connectivity index (χ2v) is 5.91. The van der Waals surface area contributed by atoms with Crippen LogP contribution in [0, 0.1) is 6.92 Å². The lowest BCUT2D eigenvalue weighted by molar-refractivity contribution is 0.102. The maximum atomic E-state index is 12.3. The molecule has 0 aliphatic heterocycles. The van der Waals surface area contributed by atoms with Crippen molar-refractivity contribution in [3.63, 3.8) is 0 Å². The molecule has 5 nitrogen and oxygen atoms in total. The first-order chi connectivity index (χ1) is 11.2. The fourth-order valence-electron chi connectivity index (χ4n) is 2.08. The number of hydrogen-bond donors (Lipinski definition) is 1. The lowest BCUT2D eigenvalue weighted by atomic mass is 10.2. The van der Waals surface area contributed by atoms with Crippen LogP contribution in [0.4, 0.5) is 5.13 Å². The molecule has 3 aromatic rings. The van der Waals surface area contributed by atoms with Gasteiger partial charge in [-0.05, 0) is 19.1 Å². The molecule has 3 rings (SSSR count). The summed E-state index contributed by atoms with van der Waals surface area (Å²) < 4.78 is 5.20. The number of nitrogens with one attached hydrogen (secondary N) is 1. The van der Waals surface area contributed by atoms with Crippen molar-refractivity contribution in [2.24, 2.45) is 0 Å². The van der Waals surface area contributed by atoms with E-state index >= 15 is 0 Å². The normalized spacial score (nSPS) is 10.3. The number of aryl methyl sites for hydroxylation is 1. The van der Waals surface area contributed by atoms with Crippen LogP contribution in [-0.4, -0.2) is 23.2 Å². The molecule has 1 heterocycles. The second kappa shape index (κ2) is 6.58. The Hall–Kier alpha value is -2.73. The van der Waals surface area contributed by atoms with Gasteiger partial charge in [0.05, 0.1) is 12.7 Å². The van der Waals surface area contributed by atoms with Crippen molar-refractivity contribution in [2.75, 3.05) is 12.4 Å². The summed E-state index contributed by atoms with van der Waals surface area (Å²) in [7, 11) is 1.53. The molecule has 0 spiro atoms. The van der Waals surface area contributed by atoms with Crippen LogP contribution in [-0.2, 0) is 0 Å². The van der Waals surface area contributed by atoms with E-state index in [1.165, 1.54) is 24.0 Å². The van der Waals surface area contributed by atoms with Crippen molar-refractivity contribution < 1.29 is 9.53 Å². The Morgan fingerprint density at radius 3 is 2.57 bits per heavy atom. The number of hydrogen-bond acceptors (Lipinski definition) is 5. The molecule has 1 amide bonds. The highest BCUT2D eigenvalue weighted by Gasteiger charge is 2.14. The SMILES string of the molecule is COc1ccccc1C(=O)Nc1nnc(-c2ccc(C)cc2)s1. The van der Waals surface area contributed by atoms with E-state index in [1.807, 2.05) is 37.3 Å². The van der Waals surface area contributed by atoms with Gasteiger partial charge in [0.15, 0.2) is 0 Å². The molecule has 0 saturated carbocycles. The van der Waals surface area contributed by atoms with Gasteiger partial charge in [-0.1, -0.05) is 53.3 Å². The molecular weight excluding hydrogens is 310 g/mol. The van der Waals surface area contributed by atoms with Crippen LogP contribution in [0.2, 0.25) is 0 Å². The van der Waals surface area contributed by atoms with Crippen LogP contribution in [0.5, 0.6) is 5.75 Å². The van der Waals surface area contributed by atoms with Gasteiger partial charge in [0.25, 0.3) is 5.91 Å². The summed E-state index contributed by atoms with van der Waals surface area (Å²) in [5.41, 5.74) is 2.62. The van der Waals surface area contributed by atoms with Crippen molar-refractivity contribution >= 4 is 22.4 Å². The topological polar surface area (TPSA) is 64.1 Å². The average Bonchev–Trinajstić information content (AvgIpc) is 3.04. The summed E-state index contributed by atoms with van der Waals surface area (Å²) in [5.74, 6) is 0.252. The standard InChI is InChI=1S/C17H15N3O2S/c1-11-7-9-12(10-8-11)16-19-20-17(23-16)18-15(21)13-5-3-4-6-14(13)22-2/h3-10H,1-2H3,(H,18,20,21). The van der Waals surface area contributed by atoms with Gasteiger partial charge >= 0.3 is 0 Å². The van der Waals surface area contributed by atoms with Crippen LogP contribution < -0.4 is 10.1 Å². The van der Waals surface area contributed by atoms with Crippen molar-refractivity contribution in [3.8, 4) is 16.3 Å². The maximum Gasteiger partial charge on any atom is 0.261 e. The third-order valence-electron chi connectivity index (χ3n) is 3.30. The number of ether oxygens (including phenoxy) is 1. The number of carbonyl (C=O) groups is 1. The number of rotatable bonds is 4. The van der Waals surface area contributed by atoms with Crippen LogP contribution in [0.3, 0.4) is 0 Å². The maximum absolute atomic E-state index is 12.3. The number of methoxy groups -OCH3 is 1. The smallest absolute Gasteiger partial charge is 0.261 e. The van der Waals surface area contributed by atoms with Crippen LogP contribution in [0.15, 0.2) is 48.5 Å². The van der Waals surface area contributed by atoms with Gasteiger partial charge < -0.3 is 4.74 Å². The van der Waals surface area contributed by atoms with E-state index in [0.717, 1.165) is 10.6 Å². The number of anilines is 1. The Kier molecular flexibility index (Phi) is 4.34. The van der Waals surface area contributed by atoms with Crippen LogP contribution in [0.1, 0.15) is 15.9 Å². The number of amides is 1. The molecule has 0 atom stereocenters. The van der Waals surface area contributed by atoms with E-state index in [2.05, 4.69) is 15.5 Å². The van der Waals surface area contributed by atoms with Gasteiger partial charge in [0.2, 0.25) is 5.13 Å². The lowest BCUT2D eigenvalue weighted by Gasteiger charge is -2.06. The summed E-state index contributed by atoms with van der Waals surface area (Å²) >= 11 is 1.33. The predicted molar refractivity (Wildman–Crippen MR) is 91.0 cm³/mol. The van der Waals surface area contributed by atoms with E-state index < -0.39 is 0 Å². The van der Waals surface area contributed by atoms with Gasteiger partial charge in [-0.25, -0.2) is 0 Å². The molecule has 1 N–H and O–H groups in total. The van der Waals surface area contributed by atoms with E-state index in [-0.39, 0.29) is 5.91 Å². The first-order valence-electron chi connectivity index (χ1n) is 7.02. The molecule has 0 aliphatic carbocycles. The number of para-hydroxylation sites is 1. The largest absolute Gasteiger partial charge is 0.496 e. The molecule has 2 aromatic carbocycles. The van der Waals surface area contributed by atoms with Gasteiger partial charge in [-0.15, -0.1) is 10.2 Å². The highest BCUT2D eigenvalue weighted by Crippen LogP contribution is 2.27. The fourth-order valence-corrected chi connectivity index (χ4v) is 2.83. The molecule has 1 aromatic heterocycles. The molecule has 0 fully saturated rings. The van der Waals surface area contributed by atoms with Crippen molar-refractivity contribution in [3.05, 3.63) is 59.7 Å². The molecule has 0 saturated heterocycles. The van der Waals surface area contributed by atoms with Crippen molar-refractivity contribution in [1.82, 2.24) is 10.2 Å². The number of benzene rings is 2. The quantitative estimate of drug-likeness (QED) is 0.793. The highest BCUT2D eigenvalue weighted by atomic mass is 32.1. The Balaban J connectivity index is 1.79. The molecule has 0 aliphatic rings. The van der Waals surface area contributed by atoms with E-state index in [9.17, 15) is 4.79 Å². The van der Waals surface area contributed by atoms with Crippen LogP contribution in [0.25, 0.3) is 10.6 Å². The van der Waals surface area contributed by atoms with Gasteiger partial charge in [0, 0.05) is 5.56 Å². The molecule has 23 heavy (non-hydrogen) atoms. The molecule has 6 heteroatoms. The van der Waals surface area contributed by atoms with E-state index in [0.29, 0.717) is 16.4 Å². The van der Waals surface area contributed by atoms with Crippen molar-refractivity contribution in [2.45, 2.75) is 6.92 Å². The predicted octanol–water partition coefficient (Wildman–Crippen LogP) is 3.77.